The molecular weight excluding hydrogens is 435 g/mol. The van der Waals surface area contributed by atoms with Crippen molar-refractivity contribution < 1.29 is 23.8 Å². The van der Waals surface area contributed by atoms with Crippen LogP contribution in [0.2, 0.25) is 0 Å². The van der Waals surface area contributed by atoms with E-state index in [4.69, 9.17) is 19.7 Å². The molecule has 34 heavy (non-hydrogen) atoms. The standard InChI is InChI=1S/C27H31FN2O4/c1-18-26(22-12-23(28)14-24(13-22)33-2)27(21-6-4-3-5-7-21)29-30(18)15-19-8-10-20(11-9-19)16-34-17-25(31)32/h3-7,12-14,19-20H,8-11,15-17H2,1-2H3,(H,31,32). The fourth-order valence-electron chi connectivity index (χ4n) is 4.83. The number of nitrogens with zero attached hydrogens (tertiary/aromatic N) is 2. The third-order valence-electron chi connectivity index (χ3n) is 6.63. The molecular formula is C27H31FN2O4. The van der Waals surface area contributed by atoms with Gasteiger partial charge in [-0.3, -0.25) is 4.68 Å². The molecule has 3 aromatic rings. The Hall–Kier alpha value is -3.19. The van der Waals surface area contributed by atoms with Crippen molar-refractivity contribution in [1.29, 1.82) is 0 Å². The van der Waals surface area contributed by atoms with Crippen molar-refractivity contribution in [3.8, 4) is 28.1 Å². The van der Waals surface area contributed by atoms with Gasteiger partial charge in [0.25, 0.3) is 0 Å². The maximum atomic E-state index is 14.4. The molecule has 0 atom stereocenters. The Balaban J connectivity index is 1.57. The number of carboxylic acids is 1. The van der Waals surface area contributed by atoms with Gasteiger partial charge in [-0.05, 0) is 62.1 Å². The summed E-state index contributed by atoms with van der Waals surface area (Å²) in [6.07, 6.45) is 4.13. The van der Waals surface area contributed by atoms with Gasteiger partial charge < -0.3 is 14.6 Å². The zero-order chi connectivity index (χ0) is 24.1. The van der Waals surface area contributed by atoms with Crippen molar-refractivity contribution in [3.63, 3.8) is 0 Å². The highest BCUT2D eigenvalue weighted by Gasteiger charge is 2.25. The molecule has 1 aliphatic carbocycles. The van der Waals surface area contributed by atoms with Crippen molar-refractivity contribution in [2.24, 2.45) is 11.8 Å². The summed E-state index contributed by atoms with van der Waals surface area (Å²) in [5.74, 6) is 0.0923. The average molecular weight is 467 g/mol. The van der Waals surface area contributed by atoms with Crippen LogP contribution in [0.5, 0.6) is 5.75 Å². The van der Waals surface area contributed by atoms with Crippen LogP contribution in [0.4, 0.5) is 4.39 Å². The minimum Gasteiger partial charge on any atom is -0.497 e. The van der Waals surface area contributed by atoms with E-state index < -0.39 is 5.97 Å². The molecule has 180 valence electrons. The van der Waals surface area contributed by atoms with Gasteiger partial charge in [0, 0.05) is 29.4 Å². The van der Waals surface area contributed by atoms with Gasteiger partial charge in [0.05, 0.1) is 13.7 Å². The van der Waals surface area contributed by atoms with E-state index >= 15 is 0 Å². The lowest BCUT2D eigenvalue weighted by molar-refractivity contribution is -0.142. The Bertz CT molecular complexity index is 1120. The fraction of sp³-hybridized carbons (Fsp3) is 0.407. The van der Waals surface area contributed by atoms with Gasteiger partial charge in [-0.25, -0.2) is 9.18 Å². The average Bonchev–Trinajstić information content (AvgIpc) is 3.16. The van der Waals surface area contributed by atoms with Gasteiger partial charge in [-0.2, -0.15) is 5.10 Å². The second-order valence-electron chi connectivity index (χ2n) is 9.03. The molecule has 1 heterocycles. The van der Waals surface area contributed by atoms with E-state index in [9.17, 15) is 9.18 Å². The van der Waals surface area contributed by atoms with E-state index in [0.29, 0.717) is 24.2 Å². The summed E-state index contributed by atoms with van der Waals surface area (Å²) < 4.78 is 27.0. The van der Waals surface area contributed by atoms with Crippen molar-refractivity contribution in [2.75, 3.05) is 20.3 Å². The van der Waals surface area contributed by atoms with Crippen molar-refractivity contribution in [3.05, 3.63) is 60.0 Å². The third-order valence-corrected chi connectivity index (χ3v) is 6.63. The molecule has 0 amide bonds. The number of aliphatic carboxylic acids is 1. The fourth-order valence-corrected chi connectivity index (χ4v) is 4.83. The highest BCUT2D eigenvalue weighted by Crippen LogP contribution is 2.37. The number of carbonyl (C=O) groups is 1. The number of ether oxygens (including phenoxy) is 2. The van der Waals surface area contributed by atoms with E-state index in [1.165, 1.54) is 19.2 Å². The Morgan fingerprint density at radius 2 is 1.79 bits per heavy atom. The normalized spacial score (nSPS) is 18.1. The molecule has 4 rings (SSSR count). The zero-order valence-corrected chi connectivity index (χ0v) is 19.7. The van der Waals surface area contributed by atoms with E-state index in [1.54, 1.807) is 0 Å². The van der Waals surface area contributed by atoms with Crippen LogP contribution in [-0.4, -0.2) is 41.2 Å². The summed E-state index contributed by atoms with van der Waals surface area (Å²) in [5.41, 5.74) is 4.49. The summed E-state index contributed by atoms with van der Waals surface area (Å²) in [6.45, 7) is 3.10. The van der Waals surface area contributed by atoms with Crippen LogP contribution in [0.1, 0.15) is 31.4 Å². The molecule has 0 aliphatic heterocycles. The summed E-state index contributed by atoms with van der Waals surface area (Å²) in [6, 6.07) is 14.7. The summed E-state index contributed by atoms with van der Waals surface area (Å²) in [4.78, 5) is 10.7. The zero-order valence-electron chi connectivity index (χ0n) is 19.7. The minimum atomic E-state index is -0.927. The Labute approximate surface area is 199 Å². The van der Waals surface area contributed by atoms with Crippen LogP contribution in [0, 0.1) is 24.6 Å². The number of rotatable bonds is 9. The Kier molecular flexibility index (Phi) is 7.63. The van der Waals surface area contributed by atoms with Crippen molar-refractivity contribution in [2.45, 2.75) is 39.2 Å². The van der Waals surface area contributed by atoms with Crippen LogP contribution in [0.15, 0.2) is 48.5 Å². The monoisotopic (exact) mass is 466 g/mol. The molecule has 2 aromatic carbocycles. The first-order chi connectivity index (χ1) is 16.4. The third kappa shape index (κ3) is 5.65. The van der Waals surface area contributed by atoms with Gasteiger partial charge in [-0.1, -0.05) is 30.3 Å². The van der Waals surface area contributed by atoms with E-state index in [-0.39, 0.29) is 12.4 Å². The van der Waals surface area contributed by atoms with Crippen LogP contribution in [-0.2, 0) is 16.1 Å². The Morgan fingerprint density at radius 3 is 2.47 bits per heavy atom. The molecule has 0 radical (unpaired) electrons. The van der Waals surface area contributed by atoms with Gasteiger partial charge in [0.15, 0.2) is 0 Å². The van der Waals surface area contributed by atoms with Crippen LogP contribution < -0.4 is 4.74 Å². The van der Waals surface area contributed by atoms with Crippen LogP contribution in [0.25, 0.3) is 22.4 Å². The number of carboxylic acid groups (broad SMARTS) is 1. The SMILES string of the molecule is COc1cc(F)cc(-c2c(-c3ccccc3)nn(CC3CCC(COCC(=O)O)CC3)c2C)c1. The molecule has 1 fully saturated rings. The van der Waals surface area contributed by atoms with Crippen LogP contribution in [0.3, 0.4) is 0 Å². The second kappa shape index (κ2) is 10.8. The highest BCUT2D eigenvalue weighted by atomic mass is 19.1. The Morgan fingerprint density at radius 1 is 1.09 bits per heavy atom. The van der Waals surface area contributed by atoms with Crippen molar-refractivity contribution in [1.82, 2.24) is 9.78 Å². The maximum absolute atomic E-state index is 14.4. The lowest BCUT2D eigenvalue weighted by Crippen LogP contribution is -2.23. The molecule has 1 saturated carbocycles. The first kappa shape index (κ1) is 24.0. The van der Waals surface area contributed by atoms with Crippen LogP contribution >= 0.6 is 0 Å². The highest BCUT2D eigenvalue weighted by molar-refractivity contribution is 5.83. The summed E-state index contributed by atoms with van der Waals surface area (Å²) >= 11 is 0. The second-order valence-corrected chi connectivity index (χ2v) is 9.03. The molecule has 1 aromatic heterocycles. The topological polar surface area (TPSA) is 73.6 Å². The first-order valence-electron chi connectivity index (χ1n) is 11.7. The molecule has 1 N–H and O–H groups in total. The number of benzene rings is 2. The molecule has 7 heteroatoms. The number of methoxy groups -OCH3 is 1. The number of aromatic nitrogens is 2. The maximum Gasteiger partial charge on any atom is 0.329 e. The van der Waals surface area contributed by atoms with Gasteiger partial charge in [0.1, 0.15) is 23.9 Å². The smallest absolute Gasteiger partial charge is 0.329 e. The van der Waals surface area contributed by atoms with E-state index in [2.05, 4.69) is 4.68 Å². The predicted molar refractivity (Wildman–Crippen MR) is 128 cm³/mol. The quantitative estimate of drug-likeness (QED) is 0.446. The van der Waals surface area contributed by atoms with Gasteiger partial charge in [0.2, 0.25) is 0 Å². The lowest BCUT2D eigenvalue weighted by Gasteiger charge is -2.28. The van der Waals surface area contributed by atoms with Gasteiger partial charge >= 0.3 is 5.97 Å². The summed E-state index contributed by atoms with van der Waals surface area (Å²) in [7, 11) is 1.54. The largest absolute Gasteiger partial charge is 0.497 e. The van der Waals surface area contributed by atoms with Gasteiger partial charge in [-0.15, -0.1) is 0 Å². The molecule has 1 aliphatic rings. The lowest BCUT2D eigenvalue weighted by atomic mass is 9.82. The molecule has 0 unspecified atom stereocenters. The summed E-state index contributed by atoms with van der Waals surface area (Å²) in [5, 5.41) is 13.7. The molecule has 0 spiro atoms. The van der Waals surface area contributed by atoms with Crippen molar-refractivity contribution >= 4 is 5.97 Å². The van der Waals surface area contributed by atoms with E-state index in [1.807, 2.05) is 43.3 Å². The molecule has 0 bridgehead atoms. The number of hydrogen-bond donors (Lipinski definition) is 1. The molecule has 6 nitrogen and oxygen atoms in total. The predicted octanol–water partition coefficient (Wildman–Crippen LogP) is 5.58. The number of halogens is 1. The molecule has 0 saturated heterocycles. The minimum absolute atomic E-state index is 0.234. The van der Waals surface area contributed by atoms with E-state index in [0.717, 1.165) is 60.3 Å². The number of hydrogen-bond acceptors (Lipinski definition) is 4. The first-order valence-corrected chi connectivity index (χ1v) is 11.7.